The third-order valence-electron chi connectivity index (χ3n) is 4.69. The Hall–Kier alpha value is -0.900. The van der Waals surface area contributed by atoms with Crippen LogP contribution in [0.15, 0.2) is 0 Å². The Balaban J connectivity index is 2.23. The first-order valence-corrected chi connectivity index (χ1v) is 8.34. The fourth-order valence-corrected chi connectivity index (χ4v) is 3.57. The molecule has 114 valence electrons. The molecule has 1 fully saturated rings. The Bertz CT molecular complexity index is 413. The van der Waals surface area contributed by atoms with Crippen molar-refractivity contribution in [3.05, 3.63) is 11.6 Å². The first-order valence-electron chi connectivity index (χ1n) is 8.34. The van der Waals surface area contributed by atoms with Gasteiger partial charge in [0.25, 0.3) is 0 Å². The van der Waals surface area contributed by atoms with Crippen LogP contribution >= 0.6 is 0 Å². The highest BCUT2D eigenvalue weighted by Crippen LogP contribution is 2.35. The molecule has 0 aliphatic heterocycles. The summed E-state index contributed by atoms with van der Waals surface area (Å²) in [6.07, 6.45) is 8.40. The highest BCUT2D eigenvalue weighted by molar-refractivity contribution is 4.98. The molecule has 1 aromatic rings. The van der Waals surface area contributed by atoms with Gasteiger partial charge in [0.15, 0.2) is 5.82 Å². The van der Waals surface area contributed by atoms with Crippen molar-refractivity contribution in [2.24, 2.45) is 5.92 Å². The molecule has 1 aliphatic rings. The maximum absolute atomic E-state index is 4.78. The van der Waals surface area contributed by atoms with Crippen molar-refractivity contribution < 1.29 is 0 Å². The summed E-state index contributed by atoms with van der Waals surface area (Å²) in [4.78, 5) is 4.69. The van der Waals surface area contributed by atoms with Gasteiger partial charge in [0.05, 0.1) is 6.04 Å². The minimum atomic E-state index is 0.480. The van der Waals surface area contributed by atoms with Crippen LogP contribution in [0.5, 0.6) is 0 Å². The van der Waals surface area contributed by atoms with Gasteiger partial charge in [0.1, 0.15) is 5.82 Å². The molecule has 2 rings (SSSR count). The summed E-state index contributed by atoms with van der Waals surface area (Å²) in [7, 11) is 2.08. The van der Waals surface area contributed by atoms with Crippen LogP contribution in [0.1, 0.15) is 70.6 Å². The van der Waals surface area contributed by atoms with Crippen LogP contribution in [0.2, 0.25) is 0 Å². The summed E-state index contributed by atoms with van der Waals surface area (Å²) < 4.78 is 2.24. The number of nitrogens with zero attached hydrogens (tertiary/aromatic N) is 3. The van der Waals surface area contributed by atoms with Crippen molar-refractivity contribution >= 4 is 0 Å². The molecule has 1 heterocycles. The molecule has 0 amide bonds. The molecule has 0 radical (unpaired) electrons. The molecule has 3 atom stereocenters. The first-order chi connectivity index (χ1) is 9.73. The molecule has 0 bridgehead atoms. The predicted molar refractivity (Wildman–Crippen MR) is 82.9 cm³/mol. The van der Waals surface area contributed by atoms with Crippen molar-refractivity contribution in [2.75, 3.05) is 7.05 Å². The van der Waals surface area contributed by atoms with Crippen LogP contribution in [-0.2, 0) is 12.8 Å². The maximum atomic E-state index is 4.78. The summed E-state index contributed by atoms with van der Waals surface area (Å²) in [5, 5.41) is 8.29. The van der Waals surface area contributed by atoms with Gasteiger partial charge in [-0.25, -0.2) is 9.67 Å². The molecule has 3 unspecified atom stereocenters. The van der Waals surface area contributed by atoms with Gasteiger partial charge >= 0.3 is 0 Å². The average molecular weight is 278 g/mol. The summed E-state index contributed by atoms with van der Waals surface area (Å²) in [5.41, 5.74) is 0. The Morgan fingerprint density at radius 3 is 2.60 bits per heavy atom. The lowest BCUT2D eigenvalue weighted by molar-refractivity contribution is 0.189. The zero-order valence-electron chi connectivity index (χ0n) is 13.5. The van der Waals surface area contributed by atoms with E-state index in [4.69, 9.17) is 5.10 Å². The molecule has 4 nitrogen and oxygen atoms in total. The van der Waals surface area contributed by atoms with Crippen LogP contribution in [0.4, 0.5) is 0 Å². The summed E-state index contributed by atoms with van der Waals surface area (Å²) >= 11 is 0. The number of nitrogens with one attached hydrogen (secondary N) is 1. The van der Waals surface area contributed by atoms with E-state index < -0.39 is 0 Å². The van der Waals surface area contributed by atoms with E-state index in [1.54, 1.807) is 0 Å². The Morgan fingerprint density at radius 1 is 1.20 bits per heavy atom. The van der Waals surface area contributed by atoms with E-state index in [9.17, 15) is 0 Å². The van der Waals surface area contributed by atoms with Crippen LogP contribution in [0, 0.1) is 5.92 Å². The van der Waals surface area contributed by atoms with Crippen molar-refractivity contribution in [1.82, 2.24) is 20.1 Å². The molecule has 1 aliphatic carbocycles. The minimum absolute atomic E-state index is 0.480. The zero-order chi connectivity index (χ0) is 14.5. The Kier molecular flexibility index (Phi) is 5.58. The Morgan fingerprint density at radius 2 is 2.00 bits per heavy atom. The molecule has 1 N–H and O–H groups in total. The number of rotatable bonds is 6. The third-order valence-corrected chi connectivity index (χ3v) is 4.69. The maximum Gasteiger partial charge on any atom is 0.150 e. The summed E-state index contributed by atoms with van der Waals surface area (Å²) in [5.74, 6) is 3.01. The van der Waals surface area contributed by atoms with E-state index in [2.05, 4.69) is 42.8 Å². The van der Waals surface area contributed by atoms with Crippen LogP contribution < -0.4 is 5.32 Å². The second kappa shape index (κ2) is 7.21. The molecule has 0 spiro atoms. The zero-order valence-corrected chi connectivity index (χ0v) is 13.5. The monoisotopic (exact) mass is 278 g/mol. The fraction of sp³-hybridized carbons (Fsp3) is 0.875. The standard InChI is InChI=1S/C16H30N4/c1-5-8-12-9-10-13(17-4)14(11-12)20-16(7-3)18-15(6-2)19-20/h12-14,17H,5-11H2,1-4H3. The largest absolute Gasteiger partial charge is 0.315 e. The average Bonchev–Trinajstić information content (AvgIpc) is 2.90. The van der Waals surface area contributed by atoms with Crippen LogP contribution in [0.3, 0.4) is 0 Å². The smallest absolute Gasteiger partial charge is 0.150 e. The molecular weight excluding hydrogens is 248 g/mol. The van der Waals surface area contributed by atoms with Gasteiger partial charge in [0.2, 0.25) is 0 Å². The Labute approximate surface area is 123 Å². The minimum Gasteiger partial charge on any atom is -0.315 e. The van der Waals surface area contributed by atoms with Crippen LogP contribution in [0.25, 0.3) is 0 Å². The van der Waals surface area contributed by atoms with Gasteiger partial charge in [0, 0.05) is 18.9 Å². The van der Waals surface area contributed by atoms with Gasteiger partial charge in [-0.15, -0.1) is 0 Å². The second-order valence-corrected chi connectivity index (χ2v) is 6.03. The van der Waals surface area contributed by atoms with Gasteiger partial charge in [-0.3, -0.25) is 0 Å². The van der Waals surface area contributed by atoms with E-state index in [1.807, 2.05) is 0 Å². The molecule has 20 heavy (non-hydrogen) atoms. The molecule has 4 heteroatoms. The second-order valence-electron chi connectivity index (χ2n) is 6.03. The lowest BCUT2D eigenvalue weighted by atomic mass is 9.80. The van der Waals surface area contributed by atoms with Crippen molar-refractivity contribution in [3.8, 4) is 0 Å². The SMILES string of the molecule is CCCC1CCC(NC)C(n2nc(CC)nc2CC)C1. The highest BCUT2D eigenvalue weighted by Gasteiger charge is 2.32. The van der Waals surface area contributed by atoms with Crippen molar-refractivity contribution in [3.63, 3.8) is 0 Å². The van der Waals surface area contributed by atoms with Crippen molar-refractivity contribution in [2.45, 2.75) is 77.8 Å². The molecule has 0 aromatic carbocycles. The first kappa shape index (κ1) is 15.5. The van der Waals surface area contributed by atoms with Gasteiger partial charge in [-0.1, -0.05) is 33.6 Å². The quantitative estimate of drug-likeness (QED) is 0.869. The highest BCUT2D eigenvalue weighted by atomic mass is 15.4. The summed E-state index contributed by atoms with van der Waals surface area (Å²) in [6, 6.07) is 1.02. The number of aryl methyl sites for hydroxylation is 2. The molecule has 0 saturated heterocycles. The molecular formula is C16H30N4. The number of likely N-dealkylation sites (N-methyl/N-ethyl adjacent to an activating group) is 1. The summed E-state index contributed by atoms with van der Waals surface area (Å²) in [6.45, 7) is 6.61. The van der Waals surface area contributed by atoms with Gasteiger partial charge in [-0.05, 0) is 32.2 Å². The normalized spacial score (nSPS) is 26.9. The number of hydrogen-bond donors (Lipinski definition) is 1. The van der Waals surface area contributed by atoms with Crippen molar-refractivity contribution in [1.29, 1.82) is 0 Å². The number of hydrogen-bond acceptors (Lipinski definition) is 3. The fourth-order valence-electron chi connectivity index (χ4n) is 3.57. The van der Waals surface area contributed by atoms with E-state index in [0.717, 1.165) is 30.4 Å². The molecule has 1 saturated carbocycles. The predicted octanol–water partition coefficient (Wildman–Crippen LogP) is 3.13. The lowest BCUT2D eigenvalue weighted by Crippen LogP contribution is -2.41. The van der Waals surface area contributed by atoms with Crippen LogP contribution in [-0.4, -0.2) is 27.9 Å². The lowest BCUT2D eigenvalue weighted by Gasteiger charge is -2.36. The third kappa shape index (κ3) is 3.22. The molecule has 1 aromatic heterocycles. The van der Waals surface area contributed by atoms with Gasteiger partial charge in [-0.2, -0.15) is 5.10 Å². The van der Waals surface area contributed by atoms with E-state index >= 15 is 0 Å². The number of aromatic nitrogens is 3. The topological polar surface area (TPSA) is 42.7 Å². The van der Waals surface area contributed by atoms with E-state index in [0.29, 0.717) is 12.1 Å². The van der Waals surface area contributed by atoms with E-state index in [-0.39, 0.29) is 0 Å². The van der Waals surface area contributed by atoms with E-state index in [1.165, 1.54) is 32.1 Å². The van der Waals surface area contributed by atoms with Gasteiger partial charge < -0.3 is 5.32 Å².